The maximum absolute atomic E-state index is 11.5. The Balaban J connectivity index is 2.89. The maximum Gasteiger partial charge on any atom is 0.338 e. The van der Waals surface area contributed by atoms with Gasteiger partial charge in [0.25, 0.3) is 0 Å². The molecular weight excluding hydrogens is 232 g/mol. The van der Waals surface area contributed by atoms with Gasteiger partial charge in [0.1, 0.15) is 0 Å². The fraction of sp³-hybridized carbons (Fsp3) is 0.308. The molecule has 1 aromatic carbocycles. The maximum atomic E-state index is 11.5. The van der Waals surface area contributed by atoms with Crippen molar-refractivity contribution in [1.29, 1.82) is 0 Å². The standard InChI is InChI=1S/C13H18N2O3/c1-8(2)13(17)18-12-6-10(14)4-5-11(12)15-7-9(3)16/h4-6,9,15-16H,1,7,14H2,2-3H3. The third-order valence-corrected chi connectivity index (χ3v) is 2.14. The van der Waals surface area contributed by atoms with Crippen LogP contribution < -0.4 is 15.8 Å². The number of anilines is 2. The van der Waals surface area contributed by atoms with Gasteiger partial charge in [-0.3, -0.25) is 0 Å². The fourth-order valence-corrected chi connectivity index (χ4v) is 1.21. The van der Waals surface area contributed by atoms with Crippen LogP contribution in [0.5, 0.6) is 5.75 Å². The number of aliphatic hydroxyl groups is 1. The van der Waals surface area contributed by atoms with Gasteiger partial charge in [-0.1, -0.05) is 6.58 Å². The summed E-state index contributed by atoms with van der Waals surface area (Å²) in [6.07, 6.45) is -0.507. The van der Waals surface area contributed by atoms with E-state index in [1.807, 2.05) is 0 Å². The number of rotatable bonds is 5. The van der Waals surface area contributed by atoms with Crippen molar-refractivity contribution in [3.05, 3.63) is 30.4 Å². The summed E-state index contributed by atoms with van der Waals surface area (Å²) in [6, 6.07) is 4.92. The van der Waals surface area contributed by atoms with Crippen molar-refractivity contribution >= 4 is 17.3 Å². The number of hydrogen-bond acceptors (Lipinski definition) is 5. The van der Waals surface area contributed by atoms with Gasteiger partial charge in [-0.05, 0) is 26.0 Å². The zero-order valence-corrected chi connectivity index (χ0v) is 10.6. The van der Waals surface area contributed by atoms with Gasteiger partial charge in [-0.25, -0.2) is 4.79 Å². The number of nitrogens with two attached hydrogens (primary N) is 1. The lowest BCUT2D eigenvalue weighted by molar-refractivity contribution is -0.130. The number of carbonyl (C=O) groups is 1. The lowest BCUT2D eigenvalue weighted by Crippen LogP contribution is -2.17. The fourth-order valence-electron chi connectivity index (χ4n) is 1.21. The molecule has 1 atom stereocenters. The van der Waals surface area contributed by atoms with Crippen LogP contribution in [0.4, 0.5) is 11.4 Å². The predicted octanol–water partition coefficient (Wildman–Crippen LogP) is 1.54. The van der Waals surface area contributed by atoms with Crippen LogP contribution in [-0.4, -0.2) is 23.7 Å². The summed E-state index contributed by atoms with van der Waals surface area (Å²) < 4.78 is 5.16. The number of ether oxygens (including phenoxy) is 1. The molecule has 0 saturated heterocycles. The third kappa shape index (κ3) is 4.10. The first-order chi connectivity index (χ1) is 8.40. The van der Waals surface area contributed by atoms with Crippen molar-refractivity contribution in [2.45, 2.75) is 20.0 Å². The molecule has 5 heteroatoms. The van der Waals surface area contributed by atoms with Crippen molar-refractivity contribution in [2.24, 2.45) is 0 Å². The second kappa shape index (κ2) is 6.07. The van der Waals surface area contributed by atoms with Gasteiger partial charge >= 0.3 is 5.97 Å². The van der Waals surface area contributed by atoms with E-state index in [1.165, 1.54) is 0 Å². The predicted molar refractivity (Wildman–Crippen MR) is 71.5 cm³/mol. The van der Waals surface area contributed by atoms with Gasteiger partial charge in [0, 0.05) is 23.9 Å². The van der Waals surface area contributed by atoms with Gasteiger partial charge < -0.3 is 20.9 Å². The van der Waals surface area contributed by atoms with Crippen LogP contribution in [0.15, 0.2) is 30.4 Å². The van der Waals surface area contributed by atoms with Crippen LogP contribution in [-0.2, 0) is 4.79 Å². The van der Waals surface area contributed by atoms with E-state index in [9.17, 15) is 9.90 Å². The monoisotopic (exact) mass is 250 g/mol. The Morgan fingerprint density at radius 3 is 2.83 bits per heavy atom. The van der Waals surface area contributed by atoms with Crippen LogP contribution in [0.1, 0.15) is 13.8 Å². The number of benzene rings is 1. The van der Waals surface area contributed by atoms with E-state index < -0.39 is 12.1 Å². The second-order valence-electron chi connectivity index (χ2n) is 4.16. The molecule has 0 aliphatic carbocycles. The molecule has 0 amide bonds. The quantitative estimate of drug-likeness (QED) is 0.319. The molecule has 0 aromatic heterocycles. The van der Waals surface area contributed by atoms with Crippen molar-refractivity contribution in [2.75, 3.05) is 17.6 Å². The second-order valence-corrected chi connectivity index (χ2v) is 4.16. The average Bonchev–Trinajstić information content (AvgIpc) is 2.27. The molecule has 0 heterocycles. The summed E-state index contributed by atoms with van der Waals surface area (Å²) in [6.45, 7) is 7.08. The number of aliphatic hydroxyl groups excluding tert-OH is 1. The first-order valence-corrected chi connectivity index (χ1v) is 5.59. The highest BCUT2D eigenvalue weighted by Gasteiger charge is 2.10. The molecule has 98 valence electrons. The Bertz CT molecular complexity index is 456. The number of esters is 1. The van der Waals surface area contributed by atoms with E-state index in [0.717, 1.165) is 0 Å². The molecule has 0 bridgehead atoms. The molecule has 1 aromatic rings. The molecular formula is C13H18N2O3. The third-order valence-electron chi connectivity index (χ3n) is 2.14. The Morgan fingerprint density at radius 2 is 2.28 bits per heavy atom. The largest absolute Gasteiger partial charge is 0.421 e. The summed E-state index contributed by atoms with van der Waals surface area (Å²) in [4.78, 5) is 11.5. The van der Waals surface area contributed by atoms with Crippen LogP contribution in [0.25, 0.3) is 0 Å². The summed E-state index contributed by atoms with van der Waals surface area (Å²) in [5.41, 5.74) is 7.03. The van der Waals surface area contributed by atoms with Crippen LogP contribution in [0.2, 0.25) is 0 Å². The molecule has 1 unspecified atom stereocenters. The van der Waals surface area contributed by atoms with E-state index in [-0.39, 0.29) is 0 Å². The lowest BCUT2D eigenvalue weighted by atomic mass is 10.2. The van der Waals surface area contributed by atoms with Crippen LogP contribution in [0.3, 0.4) is 0 Å². The zero-order chi connectivity index (χ0) is 13.7. The van der Waals surface area contributed by atoms with Gasteiger partial charge in [-0.15, -0.1) is 0 Å². The minimum Gasteiger partial charge on any atom is -0.421 e. The highest BCUT2D eigenvalue weighted by molar-refractivity contribution is 5.89. The topological polar surface area (TPSA) is 84.6 Å². The first kappa shape index (κ1) is 14.1. The van der Waals surface area contributed by atoms with E-state index in [4.69, 9.17) is 10.5 Å². The van der Waals surface area contributed by atoms with Crippen molar-refractivity contribution in [3.8, 4) is 5.75 Å². The van der Waals surface area contributed by atoms with Crippen molar-refractivity contribution in [3.63, 3.8) is 0 Å². The average molecular weight is 250 g/mol. The number of nitrogen functional groups attached to an aromatic ring is 1. The normalized spacial score (nSPS) is 11.7. The Morgan fingerprint density at radius 1 is 1.61 bits per heavy atom. The summed E-state index contributed by atoms with van der Waals surface area (Å²) in [7, 11) is 0. The van der Waals surface area contributed by atoms with E-state index in [0.29, 0.717) is 29.2 Å². The zero-order valence-electron chi connectivity index (χ0n) is 10.6. The molecule has 5 nitrogen and oxygen atoms in total. The van der Waals surface area contributed by atoms with E-state index >= 15 is 0 Å². The minimum absolute atomic E-state index is 0.305. The Labute approximate surface area is 106 Å². The smallest absolute Gasteiger partial charge is 0.338 e. The molecule has 0 fully saturated rings. The number of hydrogen-bond donors (Lipinski definition) is 3. The molecule has 0 aliphatic heterocycles. The van der Waals surface area contributed by atoms with Crippen molar-refractivity contribution in [1.82, 2.24) is 0 Å². The lowest BCUT2D eigenvalue weighted by Gasteiger charge is -2.13. The summed E-state index contributed by atoms with van der Waals surface area (Å²) in [5.74, 6) is -0.190. The Kier molecular flexibility index (Phi) is 4.74. The molecule has 0 spiro atoms. The summed E-state index contributed by atoms with van der Waals surface area (Å²) >= 11 is 0. The minimum atomic E-state index is -0.513. The first-order valence-electron chi connectivity index (χ1n) is 5.59. The van der Waals surface area contributed by atoms with Gasteiger partial charge in [0.2, 0.25) is 0 Å². The Hall–Kier alpha value is -2.01. The molecule has 18 heavy (non-hydrogen) atoms. The molecule has 0 aliphatic rings. The number of nitrogens with one attached hydrogen (secondary N) is 1. The number of carbonyl (C=O) groups excluding carboxylic acids is 1. The van der Waals surface area contributed by atoms with E-state index in [1.54, 1.807) is 32.0 Å². The molecule has 0 radical (unpaired) electrons. The van der Waals surface area contributed by atoms with Gasteiger partial charge in [-0.2, -0.15) is 0 Å². The molecule has 4 N–H and O–H groups in total. The molecule has 1 rings (SSSR count). The SMILES string of the molecule is C=C(C)C(=O)Oc1cc(N)ccc1NCC(C)O. The highest BCUT2D eigenvalue weighted by Crippen LogP contribution is 2.27. The van der Waals surface area contributed by atoms with Crippen molar-refractivity contribution < 1.29 is 14.6 Å². The highest BCUT2D eigenvalue weighted by atomic mass is 16.5. The summed E-state index contributed by atoms with van der Waals surface area (Å²) in [5, 5.41) is 12.2. The van der Waals surface area contributed by atoms with E-state index in [2.05, 4.69) is 11.9 Å². The van der Waals surface area contributed by atoms with Gasteiger partial charge in [0.15, 0.2) is 5.75 Å². The van der Waals surface area contributed by atoms with Crippen LogP contribution in [0, 0.1) is 0 Å². The van der Waals surface area contributed by atoms with Gasteiger partial charge in [0.05, 0.1) is 11.8 Å². The van der Waals surface area contributed by atoms with Crippen LogP contribution >= 0.6 is 0 Å². The molecule has 0 saturated carbocycles.